The van der Waals surface area contributed by atoms with Gasteiger partial charge < -0.3 is 15.0 Å². The molecular formula is C16H22N2O. The number of aromatic nitrogens is 1. The van der Waals surface area contributed by atoms with Crippen LogP contribution in [0, 0.1) is 0 Å². The molecule has 1 saturated heterocycles. The molecule has 0 aliphatic carbocycles. The maximum Gasteiger partial charge on any atom is 0.120 e. The van der Waals surface area contributed by atoms with Crippen LogP contribution in [0.4, 0.5) is 0 Å². The lowest BCUT2D eigenvalue weighted by atomic mass is 9.97. The fourth-order valence-corrected chi connectivity index (χ4v) is 2.95. The van der Waals surface area contributed by atoms with Crippen LogP contribution in [0.5, 0.6) is 5.75 Å². The van der Waals surface area contributed by atoms with E-state index in [2.05, 4.69) is 28.6 Å². The zero-order valence-electron chi connectivity index (χ0n) is 11.5. The number of aromatic amines is 1. The number of hydrogen-bond acceptors (Lipinski definition) is 2. The van der Waals surface area contributed by atoms with Crippen LogP contribution in [0.3, 0.4) is 0 Å². The minimum absolute atomic E-state index is 0.628. The van der Waals surface area contributed by atoms with Crippen LogP contribution < -0.4 is 10.1 Å². The minimum Gasteiger partial charge on any atom is -0.494 e. The van der Waals surface area contributed by atoms with Gasteiger partial charge in [0.05, 0.1) is 6.61 Å². The average Bonchev–Trinajstić information content (AvgIpc) is 2.83. The molecule has 1 aliphatic rings. The van der Waals surface area contributed by atoms with Gasteiger partial charge in [-0.15, -0.1) is 0 Å². The van der Waals surface area contributed by atoms with Crippen LogP contribution in [0.15, 0.2) is 24.4 Å². The molecule has 0 saturated carbocycles. The molecule has 1 unspecified atom stereocenters. The monoisotopic (exact) mass is 258 g/mol. The number of benzene rings is 1. The Morgan fingerprint density at radius 3 is 3.05 bits per heavy atom. The Bertz CT molecular complexity index is 541. The first-order valence-corrected chi connectivity index (χ1v) is 7.33. The SMILES string of the molecule is CCOc1ccc2[nH]cc(CC3CCCCN3)c2c1. The smallest absolute Gasteiger partial charge is 0.120 e. The van der Waals surface area contributed by atoms with E-state index >= 15 is 0 Å². The Labute approximate surface area is 114 Å². The largest absolute Gasteiger partial charge is 0.494 e. The maximum absolute atomic E-state index is 5.60. The lowest BCUT2D eigenvalue weighted by Crippen LogP contribution is -2.35. The van der Waals surface area contributed by atoms with Gasteiger partial charge in [0.2, 0.25) is 0 Å². The lowest BCUT2D eigenvalue weighted by molar-refractivity contribution is 0.340. The number of hydrogen-bond donors (Lipinski definition) is 2. The van der Waals surface area contributed by atoms with Crippen LogP contribution >= 0.6 is 0 Å². The van der Waals surface area contributed by atoms with Gasteiger partial charge >= 0.3 is 0 Å². The van der Waals surface area contributed by atoms with Crippen molar-refractivity contribution >= 4 is 10.9 Å². The fraction of sp³-hybridized carbons (Fsp3) is 0.500. The molecule has 1 aromatic heterocycles. The molecular weight excluding hydrogens is 236 g/mol. The van der Waals surface area contributed by atoms with Gasteiger partial charge in [-0.25, -0.2) is 0 Å². The second kappa shape index (κ2) is 5.66. The number of H-pyrrole nitrogens is 1. The Morgan fingerprint density at radius 2 is 2.26 bits per heavy atom. The number of ether oxygens (including phenoxy) is 1. The highest BCUT2D eigenvalue weighted by Crippen LogP contribution is 2.25. The molecule has 0 radical (unpaired) electrons. The third-order valence-corrected chi connectivity index (χ3v) is 3.93. The third-order valence-electron chi connectivity index (χ3n) is 3.93. The molecule has 2 N–H and O–H groups in total. The first kappa shape index (κ1) is 12.5. The Hall–Kier alpha value is -1.48. The van der Waals surface area contributed by atoms with Crippen molar-refractivity contribution in [2.45, 2.75) is 38.6 Å². The average molecular weight is 258 g/mol. The highest BCUT2D eigenvalue weighted by atomic mass is 16.5. The highest BCUT2D eigenvalue weighted by molar-refractivity contribution is 5.84. The van der Waals surface area contributed by atoms with Gasteiger partial charge in [-0.1, -0.05) is 6.42 Å². The zero-order chi connectivity index (χ0) is 13.1. The summed E-state index contributed by atoms with van der Waals surface area (Å²) in [6.45, 7) is 3.90. The predicted octanol–water partition coefficient (Wildman–Crippen LogP) is 3.25. The fourth-order valence-electron chi connectivity index (χ4n) is 2.95. The summed E-state index contributed by atoms with van der Waals surface area (Å²) >= 11 is 0. The molecule has 3 nitrogen and oxygen atoms in total. The number of piperidine rings is 1. The molecule has 3 heteroatoms. The summed E-state index contributed by atoms with van der Waals surface area (Å²) in [5.41, 5.74) is 2.60. The van der Waals surface area contributed by atoms with E-state index in [1.165, 1.54) is 35.7 Å². The molecule has 3 rings (SSSR count). The summed E-state index contributed by atoms with van der Waals surface area (Å²) in [4.78, 5) is 3.36. The summed E-state index contributed by atoms with van der Waals surface area (Å²) in [6.07, 6.45) is 7.22. The number of nitrogens with one attached hydrogen (secondary N) is 2. The maximum atomic E-state index is 5.60. The van der Waals surface area contributed by atoms with Gasteiger partial charge in [0.1, 0.15) is 5.75 Å². The first-order chi connectivity index (χ1) is 9.36. The molecule has 1 fully saturated rings. The van der Waals surface area contributed by atoms with Crippen LogP contribution in [-0.2, 0) is 6.42 Å². The van der Waals surface area contributed by atoms with Crippen molar-refractivity contribution in [2.75, 3.05) is 13.2 Å². The summed E-state index contributed by atoms with van der Waals surface area (Å²) in [5, 5.41) is 4.92. The van der Waals surface area contributed by atoms with Gasteiger partial charge in [-0.05, 0) is 56.5 Å². The number of fused-ring (bicyclic) bond motifs is 1. The van der Waals surface area contributed by atoms with Crippen molar-refractivity contribution in [3.8, 4) is 5.75 Å². The van der Waals surface area contributed by atoms with E-state index in [-0.39, 0.29) is 0 Å². The molecule has 19 heavy (non-hydrogen) atoms. The summed E-state index contributed by atoms with van der Waals surface area (Å²) in [6, 6.07) is 6.93. The summed E-state index contributed by atoms with van der Waals surface area (Å²) < 4.78 is 5.60. The van der Waals surface area contributed by atoms with Gasteiger partial charge in [0.15, 0.2) is 0 Å². The van der Waals surface area contributed by atoms with E-state index in [0.717, 1.165) is 25.3 Å². The third kappa shape index (κ3) is 2.76. The van der Waals surface area contributed by atoms with Crippen LogP contribution in [0.2, 0.25) is 0 Å². The second-order valence-electron chi connectivity index (χ2n) is 5.31. The highest BCUT2D eigenvalue weighted by Gasteiger charge is 2.15. The zero-order valence-corrected chi connectivity index (χ0v) is 11.5. The van der Waals surface area contributed by atoms with E-state index < -0.39 is 0 Å². The summed E-state index contributed by atoms with van der Waals surface area (Å²) in [5.74, 6) is 0.965. The van der Waals surface area contributed by atoms with Crippen LogP contribution in [0.1, 0.15) is 31.7 Å². The van der Waals surface area contributed by atoms with Crippen molar-refractivity contribution < 1.29 is 4.74 Å². The van der Waals surface area contributed by atoms with Crippen molar-refractivity contribution in [3.63, 3.8) is 0 Å². The van der Waals surface area contributed by atoms with Crippen LogP contribution in [0.25, 0.3) is 10.9 Å². The van der Waals surface area contributed by atoms with Crippen molar-refractivity contribution in [3.05, 3.63) is 30.0 Å². The van der Waals surface area contributed by atoms with Crippen LogP contribution in [-0.4, -0.2) is 24.2 Å². The van der Waals surface area contributed by atoms with Gasteiger partial charge in [-0.2, -0.15) is 0 Å². The predicted molar refractivity (Wildman–Crippen MR) is 78.8 cm³/mol. The lowest BCUT2D eigenvalue weighted by Gasteiger charge is -2.23. The van der Waals surface area contributed by atoms with Gasteiger partial charge in [0.25, 0.3) is 0 Å². The van der Waals surface area contributed by atoms with Crippen molar-refractivity contribution in [2.24, 2.45) is 0 Å². The van der Waals surface area contributed by atoms with Gasteiger partial charge in [0, 0.05) is 23.1 Å². The van der Waals surface area contributed by atoms with E-state index in [1.807, 2.05) is 13.0 Å². The minimum atomic E-state index is 0.628. The molecule has 0 amide bonds. The molecule has 1 atom stereocenters. The second-order valence-corrected chi connectivity index (χ2v) is 5.31. The topological polar surface area (TPSA) is 37.0 Å². The number of rotatable bonds is 4. The van der Waals surface area contributed by atoms with Crippen molar-refractivity contribution in [1.29, 1.82) is 0 Å². The standard InChI is InChI=1S/C16H22N2O/c1-2-19-14-6-7-16-15(10-14)12(11-18-16)9-13-5-3-4-8-17-13/h6-7,10-11,13,17-18H,2-5,8-9H2,1H3. The van der Waals surface area contributed by atoms with E-state index in [0.29, 0.717) is 6.04 Å². The molecule has 2 heterocycles. The van der Waals surface area contributed by atoms with Crippen molar-refractivity contribution in [1.82, 2.24) is 10.3 Å². The Kier molecular flexibility index (Phi) is 3.74. The molecule has 102 valence electrons. The molecule has 1 aliphatic heterocycles. The van der Waals surface area contributed by atoms with E-state index in [1.54, 1.807) is 0 Å². The first-order valence-electron chi connectivity index (χ1n) is 7.33. The Morgan fingerprint density at radius 1 is 1.32 bits per heavy atom. The molecule has 0 bridgehead atoms. The van der Waals surface area contributed by atoms with E-state index in [9.17, 15) is 0 Å². The normalized spacial score (nSPS) is 19.7. The molecule has 1 aromatic carbocycles. The Balaban J connectivity index is 1.83. The van der Waals surface area contributed by atoms with E-state index in [4.69, 9.17) is 4.74 Å². The molecule has 2 aromatic rings. The summed E-state index contributed by atoms with van der Waals surface area (Å²) in [7, 11) is 0. The quantitative estimate of drug-likeness (QED) is 0.883. The molecule has 0 spiro atoms. The van der Waals surface area contributed by atoms with Gasteiger partial charge in [-0.3, -0.25) is 0 Å².